The van der Waals surface area contributed by atoms with E-state index >= 15 is 0 Å². The summed E-state index contributed by atoms with van der Waals surface area (Å²) in [5.74, 6) is -2.46. The van der Waals surface area contributed by atoms with Crippen molar-refractivity contribution in [2.75, 3.05) is 0 Å². The molecule has 2 N–H and O–H groups in total. The Kier molecular flexibility index (Phi) is 4.27. The van der Waals surface area contributed by atoms with Gasteiger partial charge in [-0.05, 0) is 31.0 Å². The normalized spacial score (nSPS) is 16.3. The van der Waals surface area contributed by atoms with Crippen LogP contribution in [0, 0.1) is 11.7 Å². The topological polar surface area (TPSA) is 57.5 Å². The minimum Gasteiger partial charge on any atom is -0.481 e. The third kappa shape index (κ3) is 2.84. The van der Waals surface area contributed by atoms with Crippen LogP contribution in [0.1, 0.15) is 25.8 Å². The summed E-state index contributed by atoms with van der Waals surface area (Å²) < 4.78 is 13.3. The molecule has 0 aliphatic heterocycles. The summed E-state index contributed by atoms with van der Waals surface area (Å²) in [6.45, 7) is 3.11. The van der Waals surface area contributed by atoms with E-state index in [4.69, 9.17) is 5.11 Å². The Balaban J connectivity index is 3.24. The van der Waals surface area contributed by atoms with Gasteiger partial charge in [0.2, 0.25) is 0 Å². The summed E-state index contributed by atoms with van der Waals surface area (Å²) in [4.78, 5) is 11.1. The molecular formula is C12H14BrFO3. The zero-order valence-electron chi connectivity index (χ0n) is 9.58. The Morgan fingerprint density at radius 2 is 2.18 bits per heavy atom. The maximum atomic E-state index is 12.9. The SMILES string of the molecule is CCC(C(=O)O)C(C)(O)c1ccc(F)cc1Br. The third-order valence-corrected chi connectivity index (χ3v) is 3.52. The van der Waals surface area contributed by atoms with E-state index in [0.29, 0.717) is 10.0 Å². The van der Waals surface area contributed by atoms with Crippen LogP contribution >= 0.6 is 15.9 Å². The van der Waals surface area contributed by atoms with Crippen molar-refractivity contribution >= 4 is 21.9 Å². The number of halogens is 2. The van der Waals surface area contributed by atoms with Crippen molar-refractivity contribution in [3.8, 4) is 0 Å². The highest BCUT2D eigenvalue weighted by atomic mass is 79.9. The summed E-state index contributed by atoms with van der Waals surface area (Å²) in [6.07, 6.45) is 0.284. The van der Waals surface area contributed by atoms with Gasteiger partial charge >= 0.3 is 5.97 Å². The van der Waals surface area contributed by atoms with Gasteiger partial charge in [-0.3, -0.25) is 4.79 Å². The first-order valence-corrected chi connectivity index (χ1v) is 6.00. The van der Waals surface area contributed by atoms with Gasteiger partial charge < -0.3 is 10.2 Å². The lowest BCUT2D eigenvalue weighted by atomic mass is 9.81. The molecule has 0 aliphatic rings. The first kappa shape index (κ1) is 14.1. The van der Waals surface area contributed by atoms with Crippen molar-refractivity contribution in [1.82, 2.24) is 0 Å². The molecule has 1 aromatic rings. The van der Waals surface area contributed by atoms with Crippen LogP contribution in [0.2, 0.25) is 0 Å². The standard InChI is InChI=1S/C12H14BrFO3/c1-3-8(11(15)16)12(2,17)9-5-4-7(14)6-10(9)13/h4-6,8,17H,3H2,1-2H3,(H,15,16). The molecular weight excluding hydrogens is 291 g/mol. The van der Waals surface area contributed by atoms with Crippen LogP contribution < -0.4 is 0 Å². The van der Waals surface area contributed by atoms with Crippen molar-refractivity contribution in [1.29, 1.82) is 0 Å². The second kappa shape index (κ2) is 5.14. The fourth-order valence-corrected chi connectivity index (χ4v) is 2.65. The average Bonchev–Trinajstić information content (AvgIpc) is 2.16. The Hall–Kier alpha value is -0.940. The van der Waals surface area contributed by atoms with E-state index in [0.717, 1.165) is 0 Å². The van der Waals surface area contributed by atoms with Crippen molar-refractivity contribution in [2.24, 2.45) is 5.92 Å². The third-order valence-electron chi connectivity index (χ3n) is 2.86. The number of hydrogen-bond donors (Lipinski definition) is 2. The molecule has 2 unspecified atom stereocenters. The van der Waals surface area contributed by atoms with Crippen molar-refractivity contribution in [2.45, 2.75) is 25.9 Å². The van der Waals surface area contributed by atoms with Crippen LogP contribution in [0.5, 0.6) is 0 Å². The van der Waals surface area contributed by atoms with Crippen molar-refractivity contribution in [3.05, 3.63) is 34.1 Å². The van der Waals surface area contributed by atoms with Gasteiger partial charge in [-0.1, -0.05) is 28.9 Å². The molecule has 0 spiro atoms. The molecule has 3 nitrogen and oxygen atoms in total. The van der Waals surface area contributed by atoms with Crippen LogP contribution in [0.4, 0.5) is 4.39 Å². The summed E-state index contributed by atoms with van der Waals surface area (Å²) >= 11 is 3.14. The van der Waals surface area contributed by atoms with Crippen LogP contribution in [0.15, 0.2) is 22.7 Å². The molecule has 5 heteroatoms. The quantitative estimate of drug-likeness (QED) is 0.899. The number of rotatable bonds is 4. The number of aliphatic hydroxyl groups is 1. The predicted octanol–water partition coefficient (Wildman–Crippen LogP) is 2.91. The van der Waals surface area contributed by atoms with Gasteiger partial charge in [-0.15, -0.1) is 0 Å². The lowest BCUT2D eigenvalue weighted by Crippen LogP contribution is -2.37. The lowest BCUT2D eigenvalue weighted by molar-refractivity contribution is -0.152. The Morgan fingerprint density at radius 1 is 1.59 bits per heavy atom. The summed E-state index contributed by atoms with van der Waals surface area (Å²) in [5.41, 5.74) is -1.18. The maximum absolute atomic E-state index is 12.9. The minimum absolute atomic E-state index is 0.284. The number of benzene rings is 1. The van der Waals surface area contributed by atoms with Crippen molar-refractivity contribution in [3.63, 3.8) is 0 Å². The maximum Gasteiger partial charge on any atom is 0.309 e. The fourth-order valence-electron chi connectivity index (χ4n) is 1.90. The van der Waals surface area contributed by atoms with E-state index < -0.39 is 23.3 Å². The smallest absolute Gasteiger partial charge is 0.309 e. The van der Waals surface area contributed by atoms with Crippen LogP contribution in [0.3, 0.4) is 0 Å². The average molecular weight is 305 g/mol. The molecule has 94 valence electrons. The van der Waals surface area contributed by atoms with Gasteiger partial charge in [0.1, 0.15) is 11.4 Å². The van der Waals surface area contributed by atoms with Gasteiger partial charge in [0.25, 0.3) is 0 Å². The molecule has 0 fully saturated rings. The second-order valence-electron chi connectivity index (χ2n) is 4.07. The Morgan fingerprint density at radius 3 is 2.59 bits per heavy atom. The lowest BCUT2D eigenvalue weighted by Gasteiger charge is -2.30. The van der Waals surface area contributed by atoms with Crippen molar-refractivity contribution < 1.29 is 19.4 Å². The van der Waals surface area contributed by atoms with Crippen LogP contribution in [-0.2, 0) is 10.4 Å². The first-order valence-electron chi connectivity index (χ1n) is 5.21. The van der Waals surface area contributed by atoms with E-state index in [1.807, 2.05) is 0 Å². The van der Waals surface area contributed by atoms with Gasteiger partial charge in [-0.2, -0.15) is 0 Å². The summed E-state index contributed by atoms with van der Waals surface area (Å²) in [7, 11) is 0. The zero-order valence-corrected chi connectivity index (χ0v) is 11.2. The number of hydrogen-bond acceptors (Lipinski definition) is 2. The zero-order chi connectivity index (χ0) is 13.2. The molecule has 0 aliphatic carbocycles. The molecule has 0 saturated carbocycles. The second-order valence-corrected chi connectivity index (χ2v) is 4.93. The van der Waals surface area contributed by atoms with E-state index in [-0.39, 0.29) is 6.42 Å². The summed E-state index contributed by atoms with van der Waals surface area (Å²) in [5, 5.41) is 19.4. The van der Waals surface area contributed by atoms with Gasteiger partial charge in [0.05, 0.1) is 5.92 Å². The van der Waals surface area contributed by atoms with Gasteiger partial charge in [-0.25, -0.2) is 4.39 Å². The molecule has 0 heterocycles. The minimum atomic E-state index is -1.55. The van der Waals surface area contributed by atoms with Gasteiger partial charge in [0, 0.05) is 4.47 Å². The molecule has 2 atom stereocenters. The first-order chi connectivity index (χ1) is 7.80. The highest BCUT2D eigenvalue weighted by Gasteiger charge is 2.38. The highest BCUT2D eigenvalue weighted by Crippen LogP contribution is 2.36. The largest absolute Gasteiger partial charge is 0.481 e. The molecule has 0 radical (unpaired) electrons. The number of carboxylic acid groups (broad SMARTS) is 1. The van der Waals surface area contributed by atoms with E-state index in [9.17, 15) is 14.3 Å². The molecule has 1 rings (SSSR count). The van der Waals surface area contributed by atoms with Crippen LogP contribution in [-0.4, -0.2) is 16.2 Å². The van der Waals surface area contributed by atoms with E-state index in [1.165, 1.54) is 25.1 Å². The summed E-state index contributed by atoms with van der Waals surface area (Å²) in [6, 6.07) is 3.80. The Labute approximate surface area is 107 Å². The molecule has 1 aromatic carbocycles. The van der Waals surface area contributed by atoms with E-state index in [1.54, 1.807) is 6.92 Å². The monoisotopic (exact) mass is 304 g/mol. The number of aliphatic carboxylic acids is 1. The molecule has 17 heavy (non-hydrogen) atoms. The Bertz CT molecular complexity index is 432. The molecule has 0 amide bonds. The number of carboxylic acids is 1. The molecule has 0 aromatic heterocycles. The predicted molar refractivity (Wildman–Crippen MR) is 65.1 cm³/mol. The van der Waals surface area contributed by atoms with E-state index in [2.05, 4.69) is 15.9 Å². The molecule has 0 bridgehead atoms. The number of carbonyl (C=O) groups is 1. The van der Waals surface area contributed by atoms with Crippen LogP contribution in [0.25, 0.3) is 0 Å². The molecule has 0 saturated heterocycles. The van der Waals surface area contributed by atoms with Gasteiger partial charge in [0.15, 0.2) is 0 Å². The highest BCUT2D eigenvalue weighted by molar-refractivity contribution is 9.10. The fraction of sp³-hybridized carbons (Fsp3) is 0.417.